The van der Waals surface area contributed by atoms with Gasteiger partial charge in [0.05, 0.1) is 18.3 Å². The summed E-state index contributed by atoms with van der Waals surface area (Å²) in [6.07, 6.45) is -4.21. The van der Waals surface area contributed by atoms with Crippen molar-refractivity contribution in [3.05, 3.63) is 41.2 Å². The van der Waals surface area contributed by atoms with Crippen LogP contribution < -0.4 is 4.90 Å². The lowest BCUT2D eigenvalue weighted by molar-refractivity contribution is -0.145. The Morgan fingerprint density at radius 2 is 1.79 bits per heavy atom. The predicted molar refractivity (Wildman–Crippen MR) is 122 cm³/mol. The summed E-state index contributed by atoms with van der Waals surface area (Å²) in [5.74, 6) is -1.31. The second-order valence-electron chi connectivity index (χ2n) is 9.05. The van der Waals surface area contributed by atoms with Crippen molar-refractivity contribution in [2.24, 2.45) is 0 Å². The van der Waals surface area contributed by atoms with E-state index in [2.05, 4.69) is 20.1 Å². The summed E-state index contributed by atoms with van der Waals surface area (Å²) in [5.41, 5.74) is 0.576. The van der Waals surface area contributed by atoms with Gasteiger partial charge in [-0.25, -0.2) is 15.0 Å². The Labute approximate surface area is 215 Å². The van der Waals surface area contributed by atoms with Gasteiger partial charge < -0.3 is 14.9 Å². The molecule has 38 heavy (non-hydrogen) atoms. The highest BCUT2D eigenvalue weighted by molar-refractivity contribution is 7.16. The summed E-state index contributed by atoms with van der Waals surface area (Å²) in [7, 11) is 0. The number of carbonyl (C=O) groups is 1. The smallest absolute Gasteiger partial charge is 0.394 e. The van der Waals surface area contributed by atoms with E-state index < -0.39 is 35.8 Å². The summed E-state index contributed by atoms with van der Waals surface area (Å²) in [6.45, 7) is -0.289. The van der Waals surface area contributed by atoms with Gasteiger partial charge in [0.1, 0.15) is 17.2 Å². The topological polar surface area (TPSA) is 100 Å². The fraction of sp³-hybridized carbons (Fsp3) is 0.500. The molecule has 2 aliphatic rings. The van der Waals surface area contributed by atoms with Crippen molar-refractivity contribution in [2.75, 3.05) is 31.1 Å². The van der Waals surface area contributed by atoms with E-state index in [9.17, 15) is 36.2 Å². The molecule has 4 heterocycles. The number of aliphatic hydroxyl groups excluding tert-OH is 1. The van der Waals surface area contributed by atoms with Gasteiger partial charge in [-0.15, -0.1) is 0 Å². The van der Waals surface area contributed by atoms with Gasteiger partial charge in [-0.1, -0.05) is 11.3 Å². The fourth-order valence-electron chi connectivity index (χ4n) is 4.25. The van der Waals surface area contributed by atoms with Crippen molar-refractivity contribution < 1.29 is 36.2 Å². The number of piperazine rings is 1. The Balaban J connectivity index is 1.36. The summed E-state index contributed by atoms with van der Waals surface area (Å²) < 4.78 is 80.6. The molecule has 0 aromatic carbocycles. The number of aliphatic hydroxyl groups is 1. The monoisotopic (exact) mass is 561 g/mol. The van der Waals surface area contributed by atoms with Crippen molar-refractivity contribution in [1.82, 2.24) is 29.6 Å². The van der Waals surface area contributed by atoms with Gasteiger partial charge in [0.2, 0.25) is 16.7 Å². The molecule has 1 atom stereocenters. The lowest BCUT2D eigenvalue weighted by Gasteiger charge is -2.41. The van der Waals surface area contributed by atoms with E-state index in [1.807, 2.05) is 6.07 Å². The molecule has 1 aliphatic heterocycles. The van der Waals surface area contributed by atoms with Crippen LogP contribution in [0.15, 0.2) is 24.7 Å². The van der Waals surface area contributed by atoms with Crippen LogP contribution >= 0.6 is 11.3 Å². The van der Waals surface area contributed by atoms with Crippen LogP contribution in [-0.2, 0) is 23.7 Å². The number of amides is 1. The number of hydrogen-bond donors (Lipinski definition) is 1. The van der Waals surface area contributed by atoms with Crippen LogP contribution in [0.2, 0.25) is 0 Å². The highest BCUT2D eigenvalue weighted by atomic mass is 32.1. The molecular weight excluding hydrogens is 540 g/mol. The number of rotatable bonds is 6. The molecule has 1 unspecified atom stereocenters. The van der Waals surface area contributed by atoms with Crippen LogP contribution in [0.25, 0.3) is 11.3 Å². The Kier molecular flexibility index (Phi) is 6.79. The van der Waals surface area contributed by atoms with Gasteiger partial charge in [0.25, 0.3) is 0 Å². The standard InChI is InChI=1S/C22H21F6N7O2S/c23-21(24,25)19-29-7-13(8-30-19)17-18(38-20(31-17)22(26,27)28)33-5-6-35(14(9-33)11-36)16(37)10-34-4-3-15(32-34)12-1-2-12/h3-4,7-8,12,14,36H,1-2,5-6,9-11H2. The maximum Gasteiger partial charge on any atom is 0.451 e. The van der Waals surface area contributed by atoms with Crippen LogP contribution in [0.3, 0.4) is 0 Å². The van der Waals surface area contributed by atoms with E-state index in [0.717, 1.165) is 30.9 Å². The Bertz CT molecular complexity index is 1300. The minimum Gasteiger partial charge on any atom is -0.394 e. The first-order valence-electron chi connectivity index (χ1n) is 11.6. The first kappa shape index (κ1) is 26.3. The zero-order valence-electron chi connectivity index (χ0n) is 19.6. The molecule has 0 radical (unpaired) electrons. The minimum atomic E-state index is -4.81. The van der Waals surface area contributed by atoms with Gasteiger partial charge >= 0.3 is 12.4 Å². The summed E-state index contributed by atoms with van der Waals surface area (Å²) in [4.78, 5) is 26.1. The average Bonchev–Trinajstić information content (AvgIpc) is 3.43. The molecule has 3 aromatic rings. The Morgan fingerprint density at radius 3 is 2.39 bits per heavy atom. The minimum absolute atomic E-state index is 0.0113. The first-order valence-corrected chi connectivity index (χ1v) is 12.4. The number of aromatic nitrogens is 5. The molecule has 204 valence electrons. The second kappa shape index (κ2) is 9.80. The molecule has 0 bridgehead atoms. The second-order valence-corrected chi connectivity index (χ2v) is 10.0. The largest absolute Gasteiger partial charge is 0.451 e. The molecule has 9 nitrogen and oxygen atoms in total. The van der Waals surface area contributed by atoms with Gasteiger partial charge in [0, 0.05) is 49.7 Å². The van der Waals surface area contributed by atoms with Crippen LogP contribution in [0.4, 0.5) is 31.3 Å². The van der Waals surface area contributed by atoms with Crippen molar-refractivity contribution >= 4 is 22.2 Å². The molecule has 1 saturated carbocycles. The van der Waals surface area contributed by atoms with E-state index in [1.165, 1.54) is 14.5 Å². The fourth-order valence-corrected chi connectivity index (χ4v) is 5.24. The van der Waals surface area contributed by atoms with E-state index in [-0.39, 0.29) is 48.3 Å². The number of nitrogens with zero attached hydrogens (tertiary/aromatic N) is 7. The van der Waals surface area contributed by atoms with Crippen molar-refractivity contribution in [3.8, 4) is 11.3 Å². The maximum absolute atomic E-state index is 13.5. The molecule has 1 amide bonds. The van der Waals surface area contributed by atoms with Gasteiger partial charge in [-0.2, -0.15) is 31.4 Å². The Morgan fingerprint density at radius 1 is 1.08 bits per heavy atom. The lowest BCUT2D eigenvalue weighted by atomic mass is 10.1. The zero-order chi connectivity index (χ0) is 27.2. The van der Waals surface area contributed by atoms with Crippen LogP contribution in [0, 0.1) is 0 Å². The van der Waals surface area contributed by atoms with E-state index >= 15 is 0 Å². The molecule has 1 saturated heterocycles. The molecule has 5 rings (SSSR count). The van der Waals surface area contributed by atoms with Gasteiger partial charge in [-0.3, -0.25) is 9.48 Å². The molecule has 2 fully saturated rings. The number of anilines is 1. The average molecular weight is 562 g/mol. The number of halogens is 6. The van der Waals surface area contributed by atoms with Crippen molar-refractivity contribution in [1.29, 1.82) is 0 Å². The van der Waals surface area contributed by atoms with Crippen LogP contribution in [-0.4, -0.2) is 72.9 Å². The third kappa shape index (κ3) is 5.45. The number of alkyl halides is 6. The molecule has 1 aliphatic carbocycles. The molecule has 0 spiro atoms. The predicted octanol–water partition coefficient (Wildman–Crippen LogP) is 3.42. The normalized spacial score (nSPS) is 18.8. The summed E-state index contributed by atoms with van der Waals surface area (Å²) in [6, 6.07) is 1.13. The quantitative estimate of drug-likeness (QED) is 0.461. The third-order valence-corrected chi connectivity index (χ3v) is 7.45. The van der Waals surface area contributed by atoms with Gasteiger partial charge in [-0.05, 0) is 18.9 Å². The summed E-state index contributed by atoms with van der Waals surface area (Å²) >= 11 is 0.326. The SMILES string of the molecule is O=C(Cn1ccc(C2CC2)n1)N1CCN(c2sc(C(F)(F)F)nc2-c2cnc(C(F)(F)F)nc2)CC1CO. The third-order valence-electron chi connectivity index (χ3n) is 6.29. The van der Waals surface area contributed by atoms with Crippen LogP contribution in [0.1, 0.15) is 35.3 Å². The Hall–Kier alpha value is -3.27. The highest BCUT2D eigenvalue weighted by Crippen LogP contribution is 2.43. The van der Waals surface area contributed by atoms with E-state index in [4.69, 9.17) is 0 Å². The highest BCUT2D eigenvalue weighted by Gasteiger charge is 2.40. The molecule has 1 N–H and O–H groups in total. The maximum atomic E-state index is 13.5. The van der Waals surface area contributed by atoms with Gasteiger partial charge in [0.15, 0.2) is 0 Å². The number of hydrogen-bond acceptors (Lipinski definition) is 8. The van der Waals surface area contributed by atoms with Crippen LogP contribution in [0.5, 0.6) is 0 Å². The molecular formula is C22H21F6N7O2S. The number of carbonyl (C=O) groups excluding carboxylic acids is 1. The van der Waals surface area contributed by atoms with E-state index in [0.29, 0.717) is 17.3 Å². The van der Waals surface area contributed by atoms with Crippen molar-refractivity contribution in [2.45, 2.75) is 43.7 Å². The van der Waals surface area contributed by atoms with Crippen molar-refractivity contribution in [3.63, 3.8) is 0 Å². The van der Waals surface area contributed by atoms with E-state index in [1.54, 1.807) is 6.20 Å². The lowest BCUT2D eigenvalue weighted by Crippen LogP contribution is -2.57. The zero-order valence-corrected chi connectivity index (χ0v) is 20.4. The first-order chi connectivity index (χ1) is 17.9. The number of thiazole rings is 1. The summed E-state index contributed by atoms with van der Waals surface area (Å²) in [5, 5.41) is 13.3. The molecule has 16 heteroatoms. The molecule has 3 aromatic heterocycles.